The second-order valence-corrected chi connectivity index (χ2v) is 15.6. The molecule has 0 bridgehead atoms. The van der Waals surface area contributed by atoms with Gasteiger partial charge in [0.25, 0.3) is 0 Å². The molecule has 0 amide bonds. The second-order valence-electron chi connectivity index (χ2n) is 15.6. The van der Waals surface area contributed by atoms with Crippen LogP contribution in [0.3, 0.4) is 0 Å². The summed E-state index contributed by atoms with van der Waals surface area (Å²) in [6, 6.07) is 0. The third kappa shape index (κ3) is 47.0. The smallest absolute Gasteiger partial charge is 0.306 e. The lowest BCUT2D eigenvalue weighted by atomic mass is 10.1. The highest BCUT2D eigenvalue weighted by Gasteiger charge is 2.19. The minimum absolute atomic E-state index is 0.149. The molecule has 0 fully saturated rings. The van der Waals surface area contributed by atoms with Gasteiger partial charge in [0.2, 0.25) is 0 Å². The van der Waals surface area contributed by atoms with Crippen molar-refractivity contribution in [2.24, 2.45) is 0 Å². The van der Waals surface area contributed by atoms with Gasteiger partial charge >= 0.3 is 17.9 Å². The van der Waals surface area contributed by atoms with E-state index in [9.17, 15) is 14.4 Å². The van der Waals surface area contributed by atoms with E-state index in [1.54, 1.807) is 0 Å². The summed E-state index contributed by atoms with van der Waals surface area (Å²) in [4.78, 5) is 37.8. The molecule has 0 aliphatic rings. The largest absolute Gasteiger partial charge is 0.462 e. The number of allylic oxidation sites excluding steroid dienone is 18. The topological polar surface area (TPSA) is 78.9 Å². The molecule has 0 saturated carbocycles. The zero-order valence-electron chi connectivity index (χ0n) is 39.1. The van der Waals surface area contributed by atoms with Gasteiger partial charge in [0, 0.05) is 19.3 Å². The fourth-order valence-electron chi connectivity index (χ4n) is 6.11. The molecule has 0 aromatic heterocycles. The van der Waals surface area contributed by atoms with Crippen molar-refractivity contribution in [3.05, 3.63) is 109 Å². The number of unbranched alkanes of at least 4 members (excludes halogenated alkanes) is 13. The van der Waals surface area contributed by atoms with E-state index >= 15 is 0 Å². The molecule has 344 valence electrons. The average molecular weight is 845 g/mol. The van der Waals surface area contributed by atoms with Crippen molar-refractivity contribution in [3.63, 3.8) is 0 Å². The lowest BCUT2D eigenvalue weighted by Crippen LogP contribution is -2.30. The number of esters is 3. The van der Waals surface area contributed by atoms with E-state index in [2.05, 4.69) is 118 Å². The molecule has 0 aliphatic carbocycles. The maximum Gasteiger partial charge on any atom is 0.306 e. The molecule has 0 heterocycles. The first-order chi connectivity index (χ1) is 30.0. The highest BCUT2D eigenvalue weighted by molar-refractivity contribution is 5.71. The minimum Gasteiger partial charge on any atom is -0.462 e. The fraction of sp³-hybridized carbons (Fsp3) is 0.618. The van der Waals surface area contributed by atoms with Crippen LogP contribution in [0.4, 0.5) is 0 Å². The Bertz CT molecular complexity index is 1290. The number of carbonyl (C=O) groups excluding carboxylic acids is 3. The third-order valence-electron chi connectivity index (χ3n) is 9.76. The molecule has 0 radical (unpaired) electrons. The van der Waals surface area contributed by atoms with Crippen LogP contribution in [-0.4, -0.2) is 37.2 Å². The van der Waals surface area contributed by atoms with Crippen molar-refractivity contribution >= 4 is 17.9 Å². The summed E-state index contributed by atoms with van der Waals surface area (Å²) in [6.07, 6.45) is 65.3. The van der Waals surface area contributed by atoms with Gasteiger partial charge in [0.1, 0.15) is 13.2 Å². The number of carbonyl (C=O) groups is 3. The minimum atomic E-state index is -0.854. The normalized spacial score (nSPS) is 13.0. The van der Waals surface area contributed by atoms with E-state index in [1.165, 1.54) is 77.0 Å². The van der Waals surface area contributed by atoms with Gasteiger partial charge in [-0.3, -0.25) is 14.4 Å². The first-order valence-electron chi connectivity index (χ1n) is 24.4. The van der Waals surface area contributed by atoms with Crippen LogP contribution in [0.5, 0.6) is 0 Å². The lowest BCUT2D eigenvalue weighted by molar-refractivity contribution is -0.166. The van der Waals surface area contributed by atoms with Gasteiger partial charge in [0.15, 0.2) is 6.10 Å². The van der Waals surface area contributed by atoms with Gasteiger partial charge in [-0.05, 0) is 96.3 Å². The molecule has 0 aromatic carbocycles. The number of rotatable bonds is 42. The maximum absolute atomic E-state index is 12.7. The molecule has 0 aromatic rings. The van der Waals surface area contributed by atoms with Crippen molar-refractivity contribution in [3.8, 4) is 0 Å². The van der Waals surface area contributed by atoms with Gasteiger partial charge in [-0.2, -0.15) is 0 Å². The van der Waals surface area contributed by atoms with Crippen molar-refractivity contribution < 1.29 is 28.6 Å². The third-order valence-corrected chi connectivity index (χ3v) is 9.76. The van der Waals surface area contributed by atoms with E-state index in [-0.39, 0.29) is 44.4 Å². The Morgan fingerprint density at radius 1 is 0.344 bits per heavy atom. The summed E-state index contributed by atoms with van der Waals surface area (Å²) in [5, 5.41) is 0. The van der Waals surface area contributed by atoms with Crippen molar-refractivity contribution in [1.82, 2.24) is 0 Å². The van der Waals surface area contributed by atoms with Crippen LogP contribution in [0.25, 0.3) is 0 Å². The van der Waals surface area contributed by atoms with Crippen LogP contribution in [0.15, 0.2) is 109 Å². The first-order valence-corrected chi connectivity index (χ1v) is 24.4. The van der Waals surface area contributed by atoms with Gasteiger partial charge in [-0.15, -0.1) is 0 Å². The molecular weight excluding hydrogens is 757 g/mol. The first kappa shape index (κ1) is 57.1. The highest BCUT2D eigenvalue weighted by Crippen LogP contribution is 2.10. The molecule has 6 heteroatoms. The number of hydrogen-bond donors (Lipinski definition) is 0. The van der Waals surface area contributed by atoms with Crippen molar-refractivity contribution in [1.29, 1.82) is 0 Å². The van der Waals surface area contributed by atoms with Gasteiger partial charge in [-0.1, -0.05) is 194 Å². The molecule has 0 aliphatic heterocycles. The molecule has 1 atom stereocenters. The Kier molecular flexibility index (Phi) is 45.6. The maximum atomic E-state index is 12.7. The highest BCUT2D eigenvalue weighted by atomic mass is 16.6. The number of hydrogen-bond acceptors (Lipinski definition) is 6. The summed E-state index contributed by atoms with van der Waals surface area (Å²) < 4.78 is 16.6. The predicted molar refractivity (Wildman–Crippen MR) is 260 cm³/mol. The Morgan fingerprint density at radius 2 is 0.672 bits per heavy atom. The van der Waals surface area contributed by atoms with E-state index in [0.29, 0.717) is 19.3 Å². The van der Waals surface area contributed by atoms with E-state index in [0.717, 1.165) is 64.2 Å². The Balaban J connectivity index is 4.62. The monoisotopic (exact) mass is 845 g/mol. The zero-order chi connectivity index (χ0) is 44.4. The molecular formula is C55H88O6. The predicted octanol–water partition coefficient (Wildman–Crippen LogP) is 16.0. The van der Waals surface area contributed by atoms with Crippen LogP contribution in [0, 0.1) is 0 Å². The SMILES string of the molecule is CC/C=C/C/C=C/C/C=C/C/C=C/C/C=C/CCCC(=O)OCC(COC(=O)CC/C=C/C/C=C/CCCCCCCC)OC(=O)CC/C=C/C/C=C/CCCCCCCC. The molecule has 1 unspecified atom stereocenters. The van der Waals surface area contributed by atoms with Crippen LogP contribution >= 0.6 is 0 Å². The number of ether oxygens (including phenoxy) is 3. The van der Waals surface area contributed by atoms with Crippen LogP contribution in [0.2, 0.25) is 0 Å². The standard InChI is InChI=1S/C55H88O6/c1-4-7-10-13-16-19-22-25-26-27-28-31-33-36-39-42-45-48-54(57)60-51-52(61-55(58)49-46-43-40-37-34-30-24-21-18-15-12-9-6-3)50-59-53(56)47-44-41-38-35-32-29-23-20-17-14-11-8-5-2/h7,10,16,19,25-26,28-32,34,36,38-41,43,52H,4-6,8-9,11-15,17-18,20-24,27,33,35,37,42,44-51H2,1-3H3/b10-7+,19-16+,26-25+,31-28+,32-29+,34-30+,39-36+,41-38+,43-40+. The van der Waals surface area contributed by atoms with Gasteiger partial charge < -0.3 is 14.2 Å². The Labute approximate surface area is 374 Å². The molecule has 0 saturated heterocycles. The van der Waals surface area contributed by atoms with Crippen molar-refractivity contribution in [2.75, 3.05) is 13.2 Å². The van der Waals surface area contributed by atoms with E-state index < -0.39 is 12.1 Å². The lowest BCUT2D eigenvalue weighted by Gasteiger charge is -2.18. The van der Waals surface area contributed by atoms with Crippen LogP contribution in [-0.2, 0) is 28.6 Å². The average Bonchev–Trinajstić information content (AvgIpc) is 3.26. The second kappa shape index (κ2) is 48.7. The zero-order valence-corrected chi connectivity index (χ0v) is 39.1. The summed E-state index contributed by atoms with van der Waals surface area (Å²) in [5.74, 6) is -1.15. The quantitative estimate of drug-likeness (QED) is 0.0264. The summed E-state index contributed by atoms with van der Waals surface area (Å²) in [7, 11) is 0. The Morgan fingerprint density at radius 3 is 1.10 bits per heavy atom. The van der Waals surface area contributed by atoms with Gasteiger partial charge in [-0.25, -0.2) is 0 Å². The van der Waals surface area contributed by atoms with Crippen LogP contribution < -0.4 is 0 Å². The molecule has 0 rings (SSSR count). The summed E-state index contributed by atoms with van der Waals surface area (Å²) in [5.41, 5.74) is 0. The summed E-state index contributed by atoms with van der Waals surface area (Å²) >= 11 is 0. The Hall–Kier alpha value is -3.93. The van der Waals surface area contributed by atoms with Crippen molar-refractivity contribution in [2.45, 2.75) is 207 Å². The molecule has 0 N–H and O–H groups in total. The van der Waals surface area contributed by atoms with Crippen LogP contribution in [0.1, 0.15) is 201 Å². The molecule has 6 nitrogen and oxygen atoms in total. The molecule has 0 spiro atoms. The van der Waals surface area contributed by atoms with E-state index in [1.807, 2.05) is 12.2 Å². The molecule has 61 heavy (non-hydrogen) atoms. The fourth-order valence-corrected chi connectivity index (χ4v) is 6.11. The summed E-state index contributed by atoms with van der Waals surface area (Å²) in [6.45, 7) is 6.33. The van der Waals surface area contributed by atoms with Gasteiger partial charge in [0.05, 0.1) is 0 Å². The van der Waals surface area contributed by atoms with E-state index in [4.69, 9.17) is 14.2 Å².